The van der Waals surface area contributed by atoms with Crippen molar-refractivity contribution in [2.24, 2.45) is 0 Å². The van der Waals surface area contributed by atoms with E-state index in [1.165, 1.54) is 11.8 Å². The monoisotopic (exact) mass is 305 g/mol. The van der Waals surface area contributed by atoms with Crippen LogP contribution < -0.4 is 5.32 Å². The molecule has 7 heteroatoms. The fraction of sp³-hybridized carbons (Fsp3) is 0.429. The van der Waals surface area contributed by atoms with Crippen LogP contribution in [-0.2, 0) is 11.3 Å². The Morgan fingerprint density at radius 3 is 2.81 bits per heavy atom. The smallest absolute Gasteiger partial charge is 0.157 e. The Morgan fingerprint density at radius 2 is 2.10 bits per heavy atom. The molecule has 0 aromatic carbocycles. The Labute approximate surface area is 128 Å². The molecule has 0 aliphatic rings. The van der Waals surface area contributed by atoms with Crippen molar-refractivity contribution in [2.45, 2.75) is 36.9 Å². The minimum Gasteiger partial charge on any atom is -0.374 e. The fourth-order valence-electron chi connectivity index (χ4n) is 1.57. The summed E-state index contributed by atoms with van der Waals surface area (Å²) in [6.45, 7) is 5.99. The van der Waals surface area contributed by atoms with Crippen LogP contribution in [0, 0.1) is 0 Å². The van der Waals surface area contributed by atoms with Crippen molar-refractivity contribution in [1.82, 2.24) is 19.9 Å². The summed E-state index contributed by atoms with van der Waals surface area (Å²) >= 11 is 1.46. The standard InChI is InChI=1S/C14H19N5OS/c1-3-5-16-11-8-13(19-12(18-11)10-20-4-2)21-14-9-15-6-7-17-14/h6-9H,3-5,10H2,1-2H3,(H,16,18,19). The first-order valence-corrected chi connectivity index (χ1v) is 7.77. The molecule has 0 unspecified atom stereocenters. The number of rotatable bonds is 8. The van der Waals surface area contributed by atoms with E-state index < -0.39 is 0 Å². The highest BCUT2D eigenvalue weighted by Crippen LogP contribution is 2.25. The lowest BCUT2D eigenvalue weighted by atomic mass is 10.4. The van der Waals surface area contributed by atoms with E-state index in [4.69, 9.17) is 4.74 Å². The Kier molecular flexibility index (Phi) is 6.36. The van der Waals surface area contributed by atoms with Crippen LogP contribution >= 0.6 is 11.8 Å². The van der Waals surface area contributed by atoms with E-state index in [0.717, 1.165) is 28.8 Å². The van der Waals surface area contributed by atoms with Crippen molar-refractivity contribution in [3.63, 3.8) is 0 Å². The maximum absolute atomic E-state index is 5.39. The largest absolute Gasteiger partial charge is 0.374 e. The van der Waals surface area contributed by atoms with Crippen LogP contribution in [0.1, 0.15) is 26.1 Å². The molecule has 0 aliphatic carbocycles. The van der Waals surface area contributed by atoms with Gasteiger partial charge in [-0.05, 0) is 25.1 Å². The van der Waals surface area contributed by atoms with Crippen LogP contribution in [0.25, 0.3) is 0 Å². The molecule has 2 aromatic rings. The van der Waals surface area contributed by atoms with Crippen molar-refractivity contribution >= 4 is 17.6 Å². The van der Waals surface area contributed by atoms with Crippen LogP contribution in [0.5, 0.6) is 0 Å². The Hall–Kier alpha value is -1.73. The van der Waals surface area contributed by atoms with Gasteiger partial charge in [-0.15, -0.1) is 0 Å². The number of anilines is 1. The van der Waals surface area contributed by atoms with Gasteiger partial charge in [0.05, 0.1) is 6.20 Å². The van der Waals surface area contributed by atoms with Gasteiger partial charge >= 0.3 is 0 Å². The Bertz CT molecular complexity index is 526. The van der Waals surface area contributed by atoms with Crippen molar-refractivity contribution in [3.8, 4) is 0 Å². The summed E-state index contributed by atoms with van der Waals surface area (Å²) in [5.41, 5.74) is 0. The van der Waals surface area contributed by atoms with Crippen LogP contribution in [-0.4, -0.2) is 33.1 Å². The molecule has 0 amide bonds. The second-order valence-corrected chi connectivity index (χ2v) is 5.26. The Morgan fingerprint density at radius 1 is 1.19 bits per heavy atom. The molecule has 2 heterocycles. The molecule has 0 spiro atoms. The molecule has 1 N–H and O–H groups in total. The van der Waals surface area contributed by atoms with E-state index >= 15 is 0 Å². The second-order valence-electron chi connectivity index (χ2n) is 4.22. The summed E-state index contributed by atoms with van der Waals surface area (Å²) in [6, 6.07) is 1.92. The summed E-state index contributed by atoms with van der Waals surface area (Å²) in [7, 11) is 0. The third kappa shape index (κ3) is 5.28. The first-order chi connectivity index (χ1) is 10.3. The highest BCUT2D eigenvalue weighted by atomic mass is 32.2. The van der Waals surface area contributed by atoms with Crippen molar-refractivity contribution in [2.75, 3.05) is 18.5 Å². The average Bonchev–Trinajstić information content (AvgIpc) is 2.52. The van der Waals surface area contributed by atoms with E-state index in [-0.39, 0.29) is 0 Å². The molecule has 21 heavy (non-hydrogen) atoms. The van der Waals surface area contributed by atoms with Gasteiger partial charge in [0.15, 0.2) is 5.82 Å². The Balaban J connectivity index is 2.17. The van der Waals surface area contributed by atoms with Crippen molar-refractivity contribution in [1.29, 1.82) is 0 Å². The lowest BCUT2D eigenvalue weighted by Gasteiger charge is -2.09. The maximum Gasteiger partial charge on any atom is 0.157 e. The third-order valence-electron chi connectivity index (χ3n) is 2.49. The SMILES string of the molecule is CCCNc1cc(Sc2cnccn2)nc(COCC)n1. The number of aromatic nitrogens is 4. The quantitative estimate of drug-likeness (QED) is 0.752. The molecule has 0 fully saturated rings. The third-order valence-corrected chi connectivity index (χ3v) is 3.33. The van der Waals surface area contributed by atoms with Gasteiger partial charge < -0.3 is 10.1 Å². The summed E-state index contributed by atoms with van der Waals surface area (Å²) in [4.78, 5) is 17.3. The van der Waals surface area contributed by atoms with Gasteiger partial charge in [0.25, 0.3) is 0 Å². The fourth-order valence-corrected chi connectivity index (χ4v) is 2.33. The molecular formula is C14H19N5OS. The second kappa shape index (κ2) is 8.53. The minimum absolute atomic E-state index is 0.409. The zero-order valence-electron chi connectivity index (χ0n) is 12.2. The molecule has 0 radical (unpaired) electrons. The molecule has 2 aromatic heterocycles. The van der Waals surface area contributed by atoms with Gasteiger partial charge in [-0.3, -0.25) is 4.98 Å². The normalized spacial score (nSPS) is 10.6. The summed E-state index contributed by atoms with van der Waals surface area (Å²) in [5, 5.41) is 4.92. The van der Waals surface area contributed by atoms with Gasteiger partial charge in [-0.25, -0.2) is 15.0 Å². The molecular weight excluding hydrogens is 286 g/mol. The minimum atomic E-state index is 0.409. The molecule has 0 bridgehead atoms. The van der Waals surface area contributed by atoms with Crippen LogP contribution in [0.3, 0.4) is 0 Å². The van der Waals surface area contributed by atoms with Gasteiger partial charge in [0.1, 0.15) is 22.5 Å². The molecule has 0 aliphatic heterocycles. The molecule has 2 rings (SSSR count). The molecule has 0 saturated heterocycles. The number of nitrogens with one attached hydrogen (secondary N) is 1. The van der Waals surface area contributed by atoms with Crippen molar-refractivity contribution in [3.05, 3.63) is 30.5 Å². The maximum atomic E-state index is 5.39. The van der Waals surface area contributed by atoms with Gasteiger partial charge in [0, 0.05) is 31.6 Å². The topological polar surface area (TPSA) is 72.8 Å². The van der Waals surface area contributed by atoms with Gasteiger partial charge in [-0.2, -0.15) is 0 Å². The van der Waals surface area contributed by atoms with E-state index in [1.54, 1.807) is 18.6 Å². The average molecular weight is 305 g/mol. The van der Waals surface area contributed by atoms with E-state index in [0.29, 0.717) is 19.0 Å². The van der Waals surface area contributed by atoms with E-state index in [2.05, 4.69) is 32.2 Å². The number of hydrogen-bond donors (Lipinski definition) is 1. The van der Waals surface area contributed by atoms with E-state index in [1.807, 2.05) is 13.0 Å². The molecule has 112 valence electrons. The summed E-state index contributed by atoms with van der Waals surface area (Å²) in [6.07, 6.45) is 6.07. The van der Waals surface area contributed by atoms with Crippen LogP contribution in [0.2, 0.25) is 0 Å². The lowest BCUT2D eigenvalue weighted by molar-refractivity contribution is 0.128. The number of hydrogen-bond acceptors (Lipinski definition) is 7. The molecule has 0 saturated carbocycles. The zero-order chi connectivity index (χ0) is 14.9. The lowest BCUT2D eigenvalue weighted by Crippen LogP contribution is -2.07. The number of ether oxygens (including phenoxy) is 1. The highest BCUT2D eigenvalue weighted by Gasteiger charge is 2.07. The first-order valence-electron chi connectivity index (χ1n) is 6.95. The highest BCUT2D eigenvalue weighted by molar-refractivity contribution is 7.99. The molecule has 6 nitrogen and oxygen atoms in total. The predicted molar refractivity (Wildman–Crippen MR) is 82.3 cm³/mol. The van der Waals surface area contributed by atoms with Crippen LogP contribution in [0.4, 0.5) is 5.82 Å². The van der Waals surface area contributed by atoms with Gasteiger partial charge in [-0.1, -0.05) is 6.92 Å². The number of nitrogens with zero attached hydrogens (tertiary/aromatic N) is 4. The summed E-state index contributed by atoms with van der Waals surface area (Å²) in [5.74, 6) is 1.48. The van der Waals surface area contributed by atoms with Crippen LogP contribution in [0.15, 0.2) is 34.7 Å². The van der Waals surface area contributed by atoms with E-state index in [9.17, 15) is 0 Å². The summed E-state index contributed by atoms with van der Waals surface area (Å²) < 4.78 is 5.39. The van der Waals surface area contributed by atoms with Crippen molar-refractivity contribution < 1.29 is 4.74 Å². The molecule has 0 atom stereocenters. The predicted octanol–water partition coefficient (Wildman–Crippen LogP) is 2.78. The van der Waals surface area contributed by atoms with Gasteiger partial charge in [0.2, 0.25) is 0 Å². The zero-order valence-corrected chi connectivity index (χ0v) is 13.1. The first kappa shape index (κ1) is 15.7.